The number of hydrogen-bond acceptors (Lipinski definition) is 4. The first-order valence-electron chi connectivity index (χ1n) is 7.90. The molecule has 0 spiro atoms. The van der Waals surface area contributed by atoms with Gasteiger partial charge in [-0.25, -0.2) is 4.79 Å². The molecule has 118 valence electrons. The highest BCUT2D eigenvalue weighted by Crippen LogP contribution is 2.44. The van der Waals surface area contributed by atoms with Crippen LogP contribution in [0.2, 0.25) is 0 Å². The zero-order chi connectivity index (χ0) is 15.6. The zero-order valence-electron chi connectivity index (χ0n) is 12.7. The van der Waals surface area contributed by atoms with Crippen molar-refractivity contribution in [1.82, 2.24) is 16.2 Å². The van der Waals surface area contributed by atoms with Crippen LogP contribution >= 0.6 is 0 Å². The molecule has 0 atom stereocenters. The van der Waals surface area contributed by atoms with Gasteiger partial charge in [-0.3, -0.25) is 10.9 Å². The predicted molar refractivity (Wildman–Crippen MR) is 88.0 cm³/mol. The number of ether oxygens (including phenoxy) is 1. The summed E-state index contributed by atoms with van der Waals surface area (Å²) in [7, 11) is 0. The first-order chi connectivity index (χ1) is 11.3. The van der Waals surface area contributed by atoms with Crippen LogP contribution in [0.5, 0.6) is 0 Å². The van der Waals surface area contributed by atoms with Gasteiger partial charge >= 0.3 is 6.09 Å². The van der Waals surface area contributed by atoms with Crippen LogP contribution < -0.4 is 16.2 Å². The molecule has 0 radical (unpaired) electrons. The second-order valence-corrected chi connectivity index (χ2v) is 5.93. The SMILES string of the molecule is O=C(NC1CNNC1)OCC1c2ccccc2-c2ccccc21. The molecule has 0 unspecified atom stereocenters. The Kier molecular flexibility index (Phi) is 3.73. The molecule has 0 aromatic heterocycles. The number of rotatable bonds is 3. The van der Waals surface area contributed by atoms with Crippen molar-refractivity contribution >= 4 is 6.09 Å². The first-order valence-corrected chi connectivity index (χ1v) is 7.90. The van der Waals surface area contributed by atoms with Gasteiger partial charge in [0, 0.05) is 19.0 Å². The summed E-state index contributed by atoms with van der Waals surface area (Å²) in [5, 5.41) is 2.86. The van der Waals surface area contributed by atoms with E-state index in [-0.39, 0.29) is 18.1 Å². The molecule has 0 bridgehead atoms. The van der Waals surface area contributed by atoms with Gasteiger partial charge in [0.25, 0.3) is 0 Å². The molecule has 2 aromatic rings. The van der Waals surface area contributed by atoms with E-state index in [2.05, 4.69) is 40.4 Å². The molecular weight excluding hydrogens is 290 g/mol. The maximum atomic E-state index is 12.0. The summed E-state index contributed by atoms with van der Waals surface area (Å²) in [6.07, 6.45) is -0.359. The number of carbonyl (C=O) groups excluding carboxylic acids is 1. The van der Waals surface area contributed by atoms with Crippen molar-refractivity contribution < 1.29 is 9.53 Å². The number of amides is 1. The van der Waals surface area contributed by atoms with Crippen LogP contribution in [0.15, 0.2) is 48.5 Å². The molecule has 1 aliphatic carbocycles. The van der Waals surface area contributed by atoms with Crippen molar-refractivity contribution in [1.29, 1.82) is 0 Å². The monoisotopic (exact) mass is 309 g/mol. The number of fused-ring (bicyclic) bond motifs is 3. The number of hydrogen-bond donors (Lipinski definition) is 3. The van der Waals surface area contributed by atoms with Crippen LogP contribution in [0.4, 0.5) is 4.79 Å². The molecule has 1 fully saturated rings. The normalized spacial score (nSPS) is 16.9. The fourth-order valence-electron chi connectivity index (χ4n) is 3.37. The smallest absolute Gasteiger partial charge is 0.407 e. The van der Waals surface area contributed by atoms with Crippen molar-refractivity contribution in [3.63, 3.8) is 0 Å². The summed E-state index contributed by atoms with van der Waals surface area (Å²) < 4.78 is 5.50. The summed E-state index contributed by atoms with van der Waals surface area (Å²) in [5.41, 5.74) is 10.9. The third kappa shape index (κ3) is 2.69. The molecule has 0 saturated carbocycles. The van der Waals surface area contributed by atoms with Gasteiger partial charge in [0.15, 0.2) is 0 Å². The van der Waals surface area contributed by atoms with E-state index in [9.17, 15) is 4.79 Å². The quantitative estimate of drug-likeness (QED) is 0.811. The average molecular weight is 309 g/mol. The van der Waals surface area contributed by atoms with Gasteiger partial charge in [0.1, 0.15) is 6.61 Å². The second-order valence-electron chi connectivity index (χ2n) is 5.93. The number of carbonyl (C=O) groups is 1. The van der Waals surface area contributed by atoms with Gasteiger partial charge < -0.3 is 10.1 Å². The summed E-state index contributed by atoms with van der Waals surface area (Å²) in [5.74, 6) is 0.105. The Balaban J connectivity index is 1.49. The van der Waals surface area contributed by atoms with Gasteiger partial charge in [0.05, 0.1) is 6.04 Å². The third-order valence-corrected chi connectivity index (χ3v) is 4.49. The Morgan fingerprint density at radius 2 is 1.57 bits per heavy atom. The standard InChI is InChI=1S/C18H19N3O2/c22-18(21-12-9-19-20-10-12)23-11-17-15-7-3-1-5-13(15)14-6-2-4-8-16(14)17/h1-8,12,17,19-20H,9-11H2,(H,21,22). The molecular formula is C18H19N3O2. The fraction of sp³-hybridized carbons (Fsp3) is 0.278. The Morgan fingerprint density at radius 3 is 2.17 bits per heavy atom. The van der Waals surface area contributed by atoms with E-state index in [0.29, 0.717) is 19.7 Å². The zero-order valence-corrected chi connectivity index (χ0v) is 12.7. The second kappa shape index (κ2) is 6.02. The van der Waals surface area contributed by atoms with Gasteiger partial charge in [-0.05, 0) is 22.3 Å². The van der Waals surface area contributed by atoms with E-state index in [4.69, 9.17) is 4.74 Å². The van der Waals surface area contributed by atoms with E-state index >= 15 is 0 Å². The van der Waals surface area contributed by atoms with Crippen molar-refractivity contribution in [3.05, 3.63) is 59.7 Å². The summed E-state index contributed by atoms with van der Waals surface area (Å²) in [6.45, 7) is 1.78. The van der Waals surface area contributed by atoms with E-state index in [1.165, 1.54) is 22.3 Å². The molecule has 1 aliphatic heterocycles. The summed E-state index contributed by atoms with van der Waals surface area (Å²) >= 11 is 0. The van der Waals surface area contributed by atoms with Gasteiger partial charge in [0.2, 0.25) is 0 Å². The van der Waals surface area contributed by atoms with Crippen LogP contribution in [0.3, 0.4) is 0 Å². The lowest BCUT2D eigenvalue weighted by atomic mass is 9.98. The molecule has 5 nitrogen and oxygen atoms in total. The highest BCUT2D eigenvalue weighted by Gasteiger charge is 2.29. The van der Waals surface area contributed by atoms with Crippen LogP contribution in [-0.2, 0) is 4.74 Å². The number of nitrogens with one attached hydrogen (secondary N) is 3. The minimum atomic E-state index is -0.359. The Hall–Kier alpha value is -2.37. The predicted octanol–water partition coefficient (Wildman–Crippen LogP) is 2.00. The van der Waals surface area contributed by atoms with E-state index in [0.717, 1.165) is 0 Å². The lowest BCUT2D eigenvalue weighted by molar-refractivity contribution is 0.140. The van der Waals surface area contributed by atoms with E-state index < -0.39 is 0 Å². The Morgan fingerprint density at radius 1 is 1.00 bits per heavy atom. The minimum absolute atomic E-state index is 0.0747. The lowest BCUT2D eigenvalue weighted by Crippen LogP contribution is -2.39. The van der Waals surface area contributed by atoms with Gasteiger partial charge in [-0.15, -0.1) is 0 Å². The number of alkyl carbamates (subject to hydrolysis) is 1. The maximum absolute atomic E-state index is 12.0. The van der Waals surface area contributed by atoms with E-state index in [1.54, 1.807) is 0 Å². The fourth-order valence-corrected chi connectivity index (χ4v) is 3.37. The molecule has 1 heterocycles. The molecule has 3 N–H and O–H groups in total. The van der Waals surface area contributed by atoms with Crippen molar-refractivity contribution in [3.8, 4) is 11.1 Å². The Bertz CT molecular complexity index is 680. The van der Waals surface area contributed by atoms with Crippen LogP contribution in [0.1, 0.15) is 17.0 Å². The average Bonchev–Trinajstić information content (AvgIpc) is 3.19. The number of hydrazine groups is 1. The molecule has 5 heteroatoms. The summed E-state index contributed by atoms with van der Waals surface area (Å²) in [6, 6.07) is 16.7. The highest BCUT2D eigenvalue weighted by atomic mass is 16.5. The first kappa shape index (κ1) is 14.2. The summed E-state index contributed by atoms with van der Waals surface area (Å²) in [4.78, 5) is 12.0. The van der Waals surface area contributed by atoms with Crippen LogP contribution in [0, 0.1) is 0 Å². The van der Waals surface area contributed by atoms with Crippen LogP contribution in [-0.4, -0.2) is 31.8 Å². The van der Waals surface area contributed by atoms with Crippen molar-refractivity contribution in [2.45, 2.75) is 12.0 Å². The number of benzene rings is 2. The Labute approximate surface area is 135 Å². The van der Waals surface area contributed by atoms with Crippen molar-refractivity contribution in [2.75, 3.05) is 19.7 Å². The molecule has 23 heavy (non-hydrogen) atoms. The van der Waals surface area contributed by atoms with Crippen molar-refractivity contribution in [2.24, 2.45) is 0 Å². The largest absolute Gasteiger partial charge is 0.449 e. The lowest BCUT2D eigenvalue weighted by Gasteiger charge is -2.16. The van der Waals surface area contributed by atoms with Gasteiger partial charge in [-0.1, -0.05) is 48.5 Å². The molecule has 1 amide bonds. The highest BCUT2D eigenvalue weighted by molar-refractivity contribution is 5.79. The molecule has 4 rings (SSSR count). The van der Waals surface area contributed by atoms with Crippen LogP contribution in [0.25, 0.3) is 11.1 Å². The third-order valence-electron chi connectivity index (χ3n) is 4.49. The minimum Gasteiger partial charge on any atom is -0.449 e. The topological polar surface area (TPSA) is 62.4 Å². The molecule has 2 aliphatic rings. The molecule has 1 saturated heterocycles. The van der Waals surface area contributed by atoms with Gasteiger partial charge in [-0.2, -0.15) is 0 Å². The molecule has 2 aromatic carbocycles. The van der Waals surface area contributed by atoms with E-state index in [1.807, 2.05) is 24.3 Å². The maximum Gasteiger partial charge on any atom is 0.407 e.